The molecule has 2 amide bonds. The average Bonchev–Trinajstić information content (AvgIpc) is 3.00. The Labute approximate surface area is 171 Å². The van der Waals surface area contributed by atoms with E-state index < -0.39 is 22.4 Å². The van der Waals surface area contributed by atoms with E-state index in [1.54, 1.807) is 6.07 Å². The number of amides is 2. The van der Waals surface area contributed by atoms with Crippen molar-refractivity contribution in [2.75, 3.05) is 0 Å². The molecule has 0 radical (unpaired) electrons. The highest BCUT2D eigenvalue weighted by atomic mass is 16.6. The van der Waals surface area contributed by atoms with Crippen molar-refractivity contribution in [3.63, 3.8) is 0 Å². The SMILES string of the molecule is O=C(O)CCCc1c([N+]2(O)C(=O)CCC2=O)cc2ccc3cccc4ccc1c2c34. The van der Waals surface area contributed by atoms with Gasteiger partial charge in [0.2, 0.25) is 0 Å². The third-order valence-electron chi connectivity index (χ3n) is 6.18. The van der Waals surface area contributed by atoms with Crippen LogP contribution >= 0.6 is 0 Å². The van der Waals surface area contributed by atoms with E-state index in [1.165, 1.54) is 0 Å². The van der Waals surface area contributed by atoms with E-state index in [1.807, 2.05) is 42.5 Å². The molecule has 0 atom stereocenters. The molecule has 0 spiro atoms. The zero-order valence-corrected chi connectivity index (χ0v) is 16.2. The van der Waals surface area contributed by atoms with E-state index >= 15 is 0 Å². The maximum atomic E-state index is 12.6. The first kappa shape index (κ1) is 18.7. The summed E-state index contributed by atoms with van der Waals surface area (Å²) in [6.07, 6.45) is 0.643. The summed E-state index contributed by atoms with van der Waals surface area (Å²) in [5, 5.41) is 26.2. The number of imide groups is 1. The highest BCUT2D eigenvalue weighted by Gasteiger charge is 2.53. The van der Waals surface area contributed by atoms with Crippen LogP contribution in [0, 0.1) is 0 Å². The maximum absolute atomic E-state index is 12.6. The molecule has 30 heavy (non-hydrogen) atoms. The van der Waals surface area contributed by atoms with Crippen LogP contribution in [0.4, 0.5) is 5.69 Å². The van der Waals surface area contributed by atoms with Crippen molar-refractivity contribution < 1.29 is 24.7 Å². The average molecular weight is 402 g/mol. The molecular formula is C24H20NO5+. The van der Waals surface area contributed by atoms with Gasteiger partial charge in [0.05, 0.1) is 12.8 Å². The normalized spacial score (nSPS) is 16.3. The fraction of sp³-hybridized carbons (Fsp3) is 0.208. The van der Waals surface area contributed by atoms with Crippen molar-refractivity contribution >= 4 is 55.8 Å². The van der Waals surface area contributed by atoms with Crippen molar-refractivity contribution in [2.24, 2.45) is 0 Å². The number of carboxylic acid groups (broad SMARTS) is 1. The second-order valence-electron chi connectivity index (χ2n) is 7.90. The molecule has 0 aromatic heterocycles. The van der Waals surface area contributed by atoms with Crippen LogP contribution in [0.1, 0.15) is 31.2 Å². The lowest BCUT2D eigenvalue weighted by atomic mass is 9.89. The summed E-state index contributed by atoms with van der Waals surface area (Å²) in [5.74, 6) is -2.00. The van der Waals surface area contributed by atoms with Crippen molar-refractivity contribution in [3.05, 3.63) is 54.1 Å². The van der Waals surface area contributed by atoms with E-state index in [-0.39, 0.29) is 24.9 Å². The Kier molecular flexibility index (Phi) is 4.10. The largest absolute Gasteiger partial charge is 0.481 e. The van der Waals surface area contributed by atoms with Gasteiger partial charge >= 0.3 is 17.8 Å². The van der Waals surface area contributed by atoms with Crippen LogP contribution in [0.15, 0.2) is 48.5 Å². The molecule has 1 aliphatic heterocycles. The van der Waals surface area contributed by atoms with Gasteiger partial charge in [-0.15, -0.1) is 0 Å². The molecule has 0 saturated carbocycles. The highest BCUT2D eigenvalue weighted by Crippen LogP contribution is 2.43. The van der Waals surface area contributed by atoms with Gasteiger partial charge in [0.1, 0.15) is 0 Å². The second-order valence-corrected chi connectivity index (χ2v) is 7.90. The molecule has 0 aliphatic carbocycles. The van der Waals surface area contributed by atoms with Gasteiger partial charge in [-0.25, -0.2) is 9.59 Å². The number of aryl methyl sites for hydroxylation is 1. The minimum atomic E-state index is -1.33. The fourth-order valence-corrected chi connectivity index (χ4v) is 4.77. The van der Waals surface area contributed by atoms with Crippen LogP contribution in [0.5, 0.6) is 0 Å². The lowest BCUT2D eigenvalue weighted by molar-refractivity contribution is -0.168. The molecule has 2 N–H and O–H groups in total. The summed E-state index contributed by atoms with van der Waals surface area (Å²) in [6.45, 7) is 0. The lowest BCUT2D eigenvalue weighted by Crippen LogP contribution is -2.51. The van der Waals surface area contributed by atoms with Crippen LogP contribution in [0.2, 0.25) is 0 Å². The van der Waals surface area contributed by atoms with Gasteiger partial charge in [-0.05, 0) is 49.8 Å². The van der Waals surface area contributed by atoms with Gasteiger partial charge in [-0.3, -0.25) is 4.79 Å². The Bertz CT molecular complexity index is 1320. The van der Waals surface area contributed by atoms with Crippen molar-refractivity contribution in [2.45, 2.75) is 32.1 Å². The minimum absolute atomic E-state index is 0.00498. The Morgan fingerprint density at radius 1 is 0.900 bits per heavy atom. The Morgan fingerprint density at radius 3 is 2.20 bits per heavy atom. The first-order valence-electron chi connectivity index (χ1n) is 10.0. The topological polar surface area (TPSA) is 91.7 Å². The number of quaternary nitrogens is 1. The number of nitrogens with zero attached hydrogens (tertiary/aromatic N) is 1. The zero-order chi connectivity index (χ0) is 21.0. The molecule has 6 nitrogen and oxygen atoms in total. The Morgan fingerprint density at radius 2 is 1.53 bits per heavy atom. The lowest BCUT2D eigenvalue weighted by Gasteiger charge is -2.24. The molecule has 4 aromatic rings. The monoisotopic (exact) mass is 402 g/mol. The summed E-state index contributed by atoms with van der Waals surface area (Å²) in [6, 6.07) is 15.7. The quantitative estimate of drug-likeness (QED) is 0.221. The van der Waals surface area contributed by atoms with Crippen LogP contribution < -0.4 is 4.65 Å². The summed E-state index contributed by atoms with van der Waals surface area (Å²) in [5.41, 5.74) is 0.909. The van der Waals surface area contributed by atoms with Gasteiger partial charge in [0.15, 0.2) is 5.69 Å². The maximum Gasteiger partial charge on any atom is 0.359 e. The molecular weight excluding hydrogens is 382 g/mol. The van der Waals surface area contributed by atoms with E-state index in [0.717, 1.165) is 32.3 Å². The second kappa shape index (κ2) is 6.58. The predicted octanol–water partition coefficient (Wildman–Crippen LogP) is 4.53. The molecule has 1 saturated heterocycles. The number of carbonyl (C=O) groups excluding carboxylic acids is 2. The first-order chi connectivity index (χ1) is 14.4. The minimum Gasteiger partial charge on any atom is -0.481 e. The highest BCUT2D eigenvalue weighted by molar-refractivity contribution is 6.25. The van der Waals surface area contributed by atoms with E-state index in [9.17, 15) is 19.6 Å². The number of hydroxylamine groups is 2. The zero-order valence-electron chi connectivity index (χ0n) is 16.2. The third kappa shape index (κ3) is 2.54. The first-order valence-corrected chi connectivity index (χ1v) is 10.0. The summed E-state index contributed by atoms with van der Waals surface area (Å²) < 4.78 is -1.33. The number of carboxylic acids is 1. The van der Waals surface area contributed by atoms with Crippen molar-refractivity contribution in [1.29, 1.82) is 0 Å². The molecule has 6 heteroatoms. The molecule has 1 heterocycles. The molecule has 4 aromatic carbocycles. The number of hydrogen-bond donors (Lipinski definition) is 2. The van der Waals surface area contributed by atoms with Gasteiger partial charge in [0.25, 0.3) is 0 Å². The number of rotatable bonds is 5. The van der Waals surface area contributed by atoms with Crippen LogP contribution in [-0.4, -0.2) is 28.1 Å². The van der Waals surface area contributed by atoms with E-state index in [0.29, 0.717) is 18.4 Å². The van der Waals surface area contributed by atoms with Gasteiger partial charge < -0.3 is 5.11 Å². The van der Waals surface area contributed by atoms with Crippen LogP contribution in [0.3, 0.4) is 0 Å². The van der Waals surface area contributed by atoms with Gasteiger partial charge in [-0.2, -0.15) is 5.21 Å². The summed E-state index contributed by atoms with van der Waals surface area (Å²) >= 11 is 0. The van der Waals surface area contributed by atoms with Crippen molar-refractivity contribution in [1.82, 2.24) is 4.65 Å². The summed E-state index contributed by atoms with van der Waals surface area (Å²) in [4.78, 5) is 36.3. The Hall–Kier alpha value is -3.35. The number of hydrogen-bond acceptors (Lipinski definition) is 4. The van der Waals surface area contributed by atoms with E-state index in [2.05, 4.69) is 0 Å². The molecule has 1 aliphatic rings. The fourth-order valence-electron chi connectivity index (χ4n) is 4.77. The third-order valence-corrected chi connectivity index (χ3v) is 6.18. The smallest absolute Gasteiger partial charge is 0.359 e. The van der Waals surface area contributed by atoms with E-state index in [4.69, 9.17) is 5.11 Å². The number of aliphatic carboxylic acids is 1. The number of benzene rings is 4. The summed E-state index contributed by atoms with van der Waals surface area (Å²) in [7, 11) is 0. The Balaban J connectivity index is 1.85. The molecule has 150 valence electrons. The molecule has 1 fully saturated rings. The molecule has 0 bridgehead atoms. The van der Waals surface area contributed by atoms with Crippen molar-refractivity contribution in [3.8, 4) is 0 Å². The standard InChI is InChI=1S/C24H19NO5/c26-20-11-12-21(27)25(20,30)19-13-16-8-7-14-3-1-4-15-9-10-18(24(16)23(14)15)17(19)5-2-6-22(28)29/h1,3-4,7-10,13,30H,2,5-6,11-12H2/p+1. The molecule has 5 rings (SSSR count). The predicted molar refractivity (Wildman–Crippen MR) is 114 cm³/mol. The molecule has 0 unspecified atom stereocenters. The van der Waals surface area contributed by atoms with Crippen LogP contribution in [-0.2, 0) is 20.8 Å². The van der Waals surface area contributed by atoms with Gasteiger partial charge in [0, 0.05) is 18.1 Å². The van der Waals surface area contributed by atoms with Gasteiger partial charge in [-0.1, -0.05) is 42.5 Å². The van der Waals surface area contributed by atoms with Crippen LogP contribution in [0.25, 0.3) is 32.3 Å². The number of carbonyl (C=O) groups is 3.